The van der Waals surface area contributed by atoms with Crippen molar-refractivity contribution >= 4 is 0 Å². The van der Waals surface area contributed by atoms with Crippen LogP contribution in [-0.2, 0) is 4.74 Å². The van der Waals surface area contributed by atoms with Gasteiger partial charge in [-0.2, -0.15) is 0 Å². The summed E-state index contributed by atoms with van der Waals surface area (Å²) in [5.74, 6) is 2.48. The molecule has 1 unspecified atom stereocenters. The van der Waals surface area contributed by atoms with Crippen LogP contribution in [0.15, 0.2) is 30.0 Å². The molecule has 0 bridgehead atoms. The zero-order chi connectivity index (χ0) is 14.4. The number of rotatable bonds is 7. The Bertz CT molecular complexity index is 471. The van der Waals surface area contributed by atoms with E-state index in [1.54, 1.807) is 14.2 Å². The van der Waals surface area contributed by atoms with Crippen LogP contribution >= 0.6 is 0 Å². The molecule has 2 rings (SSSR count). The minimum Gasteiger partial charge on any atom is -0.496 e. The summed E-state index contributed by atoms with van der Waals surface area (Å²) in [5, 5.41) is 3.52. The van der Waals surface area contributed by atoms with Crippen molar-refractivity contribution in [3.63, 3.8) is 0 Å². The van der Waals surface area contributed by atoms with Crippen LogP contribution in [0.2, 0.25) is 0 Å². The molecule has 1 aromatic carbocycles. The lowest BCUT2D eigenvalue weighted by atomic mass is 10.0. The van der Waals surface area contributed by atoms with Gasteiger partial charge in [-0.25, -0.2) is 0 Å². The smallest absolute Gasteiger partial charge is 0.165 e. The fourth-order valence-electron chi connectivity index (χ4n) is 2.43. The Kier molecular flexibility index (Phi) is 5.30. The van der Waals surface area contributed by atoms with Gasteiger partial charge in [0, 0.05) is 12.0 Å². The number of hydrogen-bond donors (Lipinski definition) is 1. The Morgan fingerprint density at radius 3 is 2.75 bits per heavy atom. The Morgan fingerprint density at radius 2 is 2.15 bits per heavy atom. The quantitative estimate of drug-likeness (QED) is 0.831. The summed E-state index contributed by atoms with van der Waals surface area (Å²) in [7, 11) is 3.32. The molecule has 1 aliphatic rings. The van der Waals surface area contributed by atoms with Gasteiger partial charge < -0.3 is 19.5 Å². The standard InChI is InChI=1S/C16H23NO3/c1-4-10-17-15(13-9-6-11-20-13)12-7-5-8-14(18-2)16(12)19-3/h5,7-9,15,17H,4,6,10-11H2,1-3H3. The Hall–Kier alpha value is -1.68. The van der Waals surface area contributed by atoms with E-state index in [1.165, 1.54) is 0 Å². The van der Waals surface area contributed by atoms with E-state index < -0.39 is 0 Å². The van der Waals surface area contributed by atoms with E-state index in [2.05, 4.69) is 24.4 Å². The first-order valence-corrected chi connectivity index (χ1v) is 7.09. The van der Waals surface area contributed by atoms with Gasteiger partial charge >= 0.3 is 0 Å². The van der Waals surface area contributed by atoms with Crippen molar-refractivity contribution in [2.24, 2.45) is 0 Å². The molecule has 110 valence electrons. The van der Waals surface area contributed by atoms with Crippen LogP contribution in [0.25, 0.3) is 0 Å². The van der Waals surface area contributed by atoms with Gasteiger partial charge in [0.05, 0.1) is 26.9 Å². The van der Waals surface area contributed by atoms with Gasteiger partial charge in [0.1, 0.15) is 5.76 Å². The summed E-state index contributed by atoms with van der Waals surface area (Å²) < 4.78 is 16.7. The van der Waals surface area contributed by atoms with Crippen LogP contribution < -0.4 is 14.8 Å². The summed E-state index contributed by atoms with van der Waals surface area (Å²) in [5.41, 5.74) is 1.05. The maximum Gasteiger partial charge on any atom is 0.165 e. The van der Waals surface area contributed by atoms with E-state index in [0.717, 1.165) is 48.8 Å². The zero-order valence-electron chi connectivity index (χ0n) is 12.4. The van der Waals surface area contributed by atoms with Gasteiger partial charge in [0.2, 0.25) is 0 Å². The first-order chi connectivity index (χ1) is 9.81. The van der Waals surface area contributed by atoms with Crippen molar-refractivity contribution in [3.05, 3.63) is 35.6 Å². The molecule has 0 aliphatic carbocycles. The molecule has 1 heterocycles. The topological polar surface area (TPSA) is 39.7 Å². The fourth-order valence-corrected chi connectivity index (χ4v) is 2.43. The van der Waals surface area contributed by atoms with Gasteiger partial charge in [-0.1, -0.05) is 19.1 Å². The molecule has 0 aromatic heterocycles. The molecule has 1 N–H and O–H groups in total. The molecule has 0 fully saturated rings. The maximum absolute atomic E-state index is 5.74. The van der Waals surface area contributed by atoms with Gasteiger partial charge in [-0.05, 0) is 25.1 Å². The summed E-state index contributed by atoms with van der Waals surface area (Å²) in [6, 6.07) is 5.95. The SMILES string of the molecule is CCCNC(C1=CCCO1)c1cccc(OC)c1OC. The van der Waals surface area contributed by atoms with E-state index >= 15 is 0 Å². The van der Waals surface area contributed by atoms with Crippen molar-refractivity contribution in [3.8, 4) is 11.5 Å². The average Bonchev–Trinajstić information content (AvgIpc) is 3.01. The molecular formula is C16H23NO3. The molecular weight excluding hydrogens is 254 g/mol. The monoisotopic (exact) mass is 277 g/mol. The number of hydrogen-bond acceptors (Lipinski definition) is 4. The highest BCUT2D eigenvalue weighted by Crippen LogP contribution is 2.38. The average molecular weight is 277 g/mol. The molecule has 1 aromatic rings. The van der Waals surface area contributed by atoms with E-state index in [-0.39, 0.29) is 6.04 Å². The molecule has 0 saturated heterocycles. The predicted octanol–water partition coefficient (Wildman–Crippen LogP) is 3.05. The molecule has 0 radical (unpaired) electrons. The van der Waals surface area contributed by atoms with Crippen molar-refractivity contribution in [1.82, 2.24) is 5.32 Å². The number of nitrogens with one attached hydrogen (secondary N) is 1. The van der Waals surface area contributed by atoms with E-state index in [0.29, 0.717) is 0 Å². The third-order valence-electron chi connectivity index (χ3n) is 3.36. The zero-order valence-corrected chi connectivity index (χ0v) is 12.4. The Morgan fingerprint density at radius 1 is 1.30 bits per heavy atom. The first kappa shape index (κ1) is 14.7. The molecule has 1 atom stereocenters. The second-order valence-electron chi connectivity index (χ2n) is 4.71. The molecule has 0 spiro atoms. The second-order valence-corrected chi connectivity index (χ2v) is 4.71. The summed E-state index contributed by atoms with van der Waals surface area (Å²) >= 11 is 0. The van der Waals surface area contributed by atoms with Gasteiger partial charge in [-0.15, -0.1) is 0 Å². The van der Waals surface area contributed by atoms with E-state index in [4.69, 9.17) is 14.2 Å². The number of ether oxygens (including phenoxy) is 3. The van der Waals surface area contributed by atoms with Crippen LogP contribution in [0.1, 0.15) is 31.4 Å². The van der Waals surface area contributed by atoms with Crippen molar-refractivity contribution in [2.75, 3.05) is 27.4 Å². The lowest BCUT2D eigenvalue weighted by molar-refractivity contribution is 0.213. The minimum atomic E-state index is 0.0162. The van der Waals surface area contributed by atoms with Crippen LogP contribution in [-0.4, -0.2) is 27.4 Å². The van der Waals surface area contributed by atoms with Crippen molar-refractivity contribution in [2.45, 2.75) is 25.8 Å². The largest absolute Gasteiger partial charge is 0.496 e. The summed E-state index contributed by atoms with van der Waals surface area (Å²) in [6.45, 7) is 3.83. The molecule has 1 aliphatic heterocycles. The third-order valence-corrected chi connectivity index (χ3v) is 3.36. The summed E-state index contributed by atoms with van der Waals surface area (Å²) in [6.07, 6.45) is 4.17. The Balaban J connectivity index is 2.37. The highest BCUT2D eigenvalue weighted by atomic mass is 16.5. The molecule has 4 heteroatoms. The van der Waals surface area contributed by atoms with Crippen LogP contribution in [0.3, 0.4) is 0 Å². The highest BCUT2D eigenvalue weighted by molar-refractivity contribution is 5.49. The highest BCUT2D eigenvalue weighted by Gasteiger charge is 2.25. The van der Waals surface area contributed by atoms with Crippen molar-refractivity contribution < 1.29 is 14.2 Å². The van der Waals surface area contributed by atoms with Crippen LogP contribution in [0.5, 0.6) is 11.5 Å². The molecule has 0 saturated carbocycles. The van der Waals surface area contributed by atoms with Crippen molar-refractivity contribution in [1.29, 1.82) is 0 Å². The Labute approximate surface area is 120 Å². The maximum atomic E-state index is 5.74. The third kappa shape index (κ3) is 3.07. The molecule has 0 amide bonds. The van der Waals surface area contributed by atoms with E-state index in [1.807, 2.05) is 12.1 Å². The lowest BCUT2D eigenvalue weighted by Gasteiger charge is -2.23. The van der Waals surface area contributed by atoms with Gasteiger partial charge in [0.15, 0.2) is 11.5 Å². The fraction of sp³-hybridized carbons (Fsp3) is 0.500. The van der Waals surface area contributed by atoms with Crippen LogP contribution in [0, 0.1) is 0 Å². The molecule has 20 heavy (non-hydrogen) atoms. The predicted molar refractivity (Wildman–Crippen MR) is 79.2 cm³/mol. The molecule has 4 nitrogen and oxygen atoms in total. The second kappa shape index (κ2) is 7.20. The number of methoxy groups -OCH3 is 2. The van der Waals surface area contributed by atoms with E-state index in [9.17, 15) is 0 Å². The summed E-state index contributed by atoms with van der Waals surface area (Å²) in [4.78, 5) is 0. The number of para-hydroxylation sites is 1. The van der Waals surface area contributed by atoms with Gasteiger partial charge in [-0.3, -0.25) is 0 Å². The number of benzene rings is 1. The normalized spacial score (nSPS) is 15.4. The minimum absolute atomic E-state index is 0.0162. The van der Waals surface area contributed by atoms with Gasteiger partial charge in [0.25, 0.3) is 0 Å². The lowest BCUT2D eigenvalue weighted by Crippen LogP contribution is -2.24. The van der Waals surface area contributed by atoms with Crippen LogP contribution in [0.4, 0.5) is 0 Å². The first-order valence-electron chi connectivity index (χ1n) is 7.09.